The molecule has 3 nitrogen and oxygen atoms in total. The lowest BCUT2D eigenvalue weighted by Crippen LogP contribution is -1.99. The minimum Gasteiger partial charge on any atom is -0.465 e. The van der Waals surface area contributed by atoms with Crippen molar-refractivity contribution in [3.05, 3.63) is 71.3 Å². The Kier molecular flexibility index (Phi) is 10.0. The Morgan fingerprint density at radius 2 is 1.14 bits per heavy atom. The summed E-state index contributed by atoms with van der Waals surface area (Å²) in [7, 11) is 1.37. The molecule has 3 heteroatoms. The number of aryl methyl sites for hydroxylation is 2. The van der Waals surface area contributed by atoms with Gasteiger partial charge in [-0.2, -0.15) is 0 Å². The van der Waals surface area contributed by atoms with Gasteiger partial charge >= 0.3 is 5.97 Å². The maximum Gasteiger partial charge on any atom is 0.337 e. The van der Waals surface area contributed by atoms with Crippen molar-refractivity contribution in [2.75, 3.05) is 7.11 Å². The topological polar surface area (TPSA) is 43.4 Å². The van der Waals surface area contributed by atoms with Gasteiger partial charge in [0.25, 0.3) is 0 Å². The second-order valence-corrected chi connectivity index (χ2v) is 4.85. The molecule has 2 aromatic carbocycles. The first kappa shape index (κ1) is 19.6. The van der Waals surface area contributed by atoms with E-state index in [0.29, 0.717) is 5.56 Å². The molecule has 0 amide bonds. The summed E-state index contributed by atoms with van der Waals surface area (Å²) in [5.41, 5.74) is 3.32. The van der Waals surface area contributed by atoms with Crippen LogP contribution in [0.25, 0.3) is 0 Å². The Bertz CT molecular complexity index is 549. The van der Waals surface area contributed by atoms with E-state index in [4.69, 9.17) is 0 Å². The van der Waals surface area contributed by atoms with Gasteiger partial charge in [0.05, 0.1) is 12.7 Å². The Morgan fingerprint density at radius 1 is 0.773 bits per heavy atom. The van der Waals surface area contributed by atoms with E-state index in [1.165, 1.54) is 32.1 Å². The van der Waals surface area contributed by atoms with E-state index in [0.717, 1.165) is 0 Å². The number of methoxy groups -OCH3 is 1. The number of hydrogen-bond acceptors (Lipinski definition) is 3. The standard InChI is InChI=1S/C8H8O2.C8H10.C3H6O/c1-10-8(9)7-5-3-2-4-6-7;1-7-5-3-4-6-8(7)2;1-3(2)4/h2-6H,1H3;3-6H,1-2H3;1-2H3. The number of Topliss-reactive ketones (excluding diaryl/α,β-unsaturated/α-hetero) is 1. The molecule has 0 unspecified atom stereocenters. The molecule has 0 saturated carbocycles. The molecule has 0 aliphatic rings. The van der Waals surface area contributed by atoms with Crippen LogP contribution in [0.3, 0.4) is 0 Å². The van der Waals surface area contributed by atoms with Gasteiger partial charge in [0.1, 0.15) is 5.78 Å². The van der Waals surface area contributed by atoms with Gasteiger partial charge in [-0.15, -0.1) is 0 Å². The number of benzene rings is 2. The maximum atomic E-state index is 10.8. The Hall–Kier alpha value is -2.42. The van der Waals surface area contributed by atoms with Gasteiger partial charge in [-0.1, -0.05) is 42.5 Å². The molecule has 0 atom stereocenters. The summed E-state index contributed by atoms with van der Waals surface area (Å²) in [6.45, 7) is 7.30. The molecule has 0 spiro atoms. The van der Waals surface area contributed by atoms with Crippen LogP contribution < -0.4 is 0 Å². The monoisotopic (exact) mass is 300 g/mol. The Labute approximate surface area is 132 Å². The molecule has 0 bridgehead atoms. The van der Waals surface area contributed by atoms with E-state index in [1.54, 1.807) is 24.3 Å². The molecule has 0 aliphatic heterocycles. The molecule has 0 heterocycles. The summed E-state index contributed by atoms with van der Waals surface area (Å²) < 4.78 is 4.50. The highest BCUT2D eigenvalue weighted by atomic mass is 16.5. The third kappa shape index (κ3) is 9.48. The molecule has 2 aromatic rings. The summed E-state index contributed by atoms with van der Waals surface area (Å²) in [5, 5.41) is 0. The number of rotatable bonds is 1. The lowest BCUT2D eigenvalue weighted by Gasteiger charge is -1.95. The lowest BCUT2D eigenvalue weighted by atomic mass is 10.1. The molecule has 0 N–H and O–H groups in total. The van der Waals surface area contributed by atoms with Gasteiger partial charge in [-0.25, -0.2) is 4.79 Å². The highest BCUT2D eigenvalue weighted by molar-refractivity contribution is 5.89. The summed E-state index contributed by atoms with van der Waals surface area (Å²) in [5.74, 6) is -0.124. The van der Waals surface area contributed by atoms with Gasteiger partial charge < -0.3 is 9.53 Å². The molecule has 118 valence electrons. The first-order valence-corrected chi connectivity index (χ1v) is 7.01. The number of ether oxygens (including phenoxy) is 1. The van der Waals surface area contributed by atoms with Gasteiger partial charge in [0.2, 0.25) is 0 Å². The fraction of sp³-hybridized carbons (Fsp3) is 0.263. The van der Waals surface area contributed by atoms with Crippen LogP contribution >= 0.6 is 0 Å². The van der Waals surface area contributed by atoms with E-state index in [1.807, 2.05) is 6.07 Å². The van der Waals surface area contributed by atoms with Crippen LogP contribution in [0.5, 0.6) is 0 Å². The highest BCUT2D eigenvalue weighted by Gasteiger charge is 2.00. The van der Waals surface area contributed by atoms with Crippen molar-refractivity contribution >= 4 is 11.8 Å². The largest absolute Gasteiger partial charge is 0.465 e. The van der Waals surface area contributed by atoms with Gasteiger partial charge in [0, 0.05) is 0 Å². The first-order valence-electron chi connectivity index (χ1n) is 7.01. The van der Waals surface area contributed by atoms with Gasteiger partial charge in [0.15, 0.2) is 0 Å². The van der Waals surface area contributed by atoms with Crippen molar-refractivity contribution in [1.29, 1.82) is 0 Å². The molecule has 0 fully saturated rings. The first-order chi connectivity index (χ1) is 10.4. The third-order valence-electron chi connectivity index (χ3n) is 2.62. The predicted molar refractivity (Wildman–Crippen MR) is 90.1 cm³/mol. The summed E-state index contributed by atoms with van der Waals surface area (Å²) in [6, 6.07) is 17.2. The van der Waals surface area contributed by atoms with Crippen LogP contribution in [-0.2, 0) is 9.53 Å². The van der Waals surface area contributed by atoms with Gasteiger partial charge in [-0.05, 0) is 51.0 Å². The Balaban J connectivity index is 0.000000330. The number of esters is 1. The highest BCUT2D eigenvalue weighted by Crippen LogP contribution is 2.02. The van der Waals surface area contributed by atoms with Crippen LogP contribution in [0.15, 0.2) is 54.6 Å². The van der Waals surface area contributed by atoms with E-state index in [2.05, 4.69) is 42.8 Å². The summed E-state index contributed by atoms with van der Waals surface area (Å²) in [6.07, 6.45) is 0. The van der Waals surface area contributed by atoms with Crippen LogP contribution in [0.2, 0.25) is 0 Å². The number of hydrogen-bond donors (Lipinski definition) is 0. The summed E-state index contributed by atoms with van der Waals surface area (Å²) in [4.78, 5) is 20.2. The fourth-order valence-corrected chi connectivity index (χ4v) is 1.35. The molecular weight excluding hydrogens is 276 g/mol. The number of ketones is 1. The second-order valence-electron chi connectivity index (χ2n) is 4.85. The van der Waals surface area contributed by atoms with Crippen molar-refractivity contribution in [2.45, 2.75) is 27.7 Å². The SMILES string of the molecule is CC(C)=O.COC(=O)c1ccccc1.Cc1ccccc1C. The minimum atomic E-state index is -0.291. The van der Waals surface area contributed by atoms with E-state index in [9.17, 15) is 9.59 Å². The van der Waals surface area contributed by atoms with Crippen LogP contribution in [-0.4, -0.2) is 18.9 Å². The zero-order valence-corrected chi connectivity index (χ0v) is 13.9. The quantitative estimate of drug-likeness (QED) is 0.734. The summed E-state index contributed by atoms with van der Waals surface area (Å²) >= 11 is 0. The normalized spacial score (nSPS) is 8.59. The predicted octanol–water partition coefficient (Wildman–Crippen LogP) is 4.37. The second kappa shape index (κ2) is 11.3. The molecule has 0 aliphatic carbocycles. The number of carbonyl (C=O) groups excluding carboxylic acids is 2. The minimum absolute atomic E-state index is 0.167. The average Bonchev–Trinajstić information content (AvgIpc) is 2.50. The smallest absolute Gasteiger partial charge is 0.337 e. The molecule has 0 radical (unpaired) electrons. The van der Waals surface area contributed by atoms with E-state index >= 15 is 0 Å². The number of carbonyl (C=O) groups is 2. The zero-order valence-electron chi connectivity index (χ0n) is 13.9. The molecular formula is C19H24O3. The molecule has 0 aromatic heterocycles. The van der Waals surface area contributed by atoms with Crippen molar-refractivity contribution in [3.8, 4) is 0 Å². The zero-order chi connectivity index (χ0) is 17.0. The fourth-order valence-electron chi connectivity index (χ4n) is 1.35. The maximum absolute atomic E-state index is 10.8. The van der Waals surface area contributed by atoms with Crippen LogP contribution in [0, 0.1) is 13.8 Å². The van der Waals surface area contributed by atoms with Crippen molar-refractivity contribution in [1.82, 2.24) is 0 Å². The lowest BCUT2D eigenvalue weighted by molar-refractivity contribution is -0.115. The molecule has 0 saturated heterocycles. The van der Waals surface area contributed by atoms with Crippen molar-refractivity contribution < 1.29 is 14.3 Å². The van der Waals surface area contributed by atoms with Crippen LogP contribution in [0.4, 0.5) is 0 Å². The average molecular weight is 300 g/mol. The van der Waals surface area contributed by atoms with E-state index < -0.39 is 0 Å². The van der Waals surface area contributed by atoms with Crippen molar-refractivity contribution in [2.24, 2.45) is 0 Å². The van der Waals surface area contributed by atoms with Gasteiger partial charge in [-0.3, -0.25) is 0 Å². The van der Waals surface area contributed by atoms with Crippen molar-refractivity contribution in [3.63, 3.8) is 0 Å². The van der Waals surface area contributed by atoms with Crippen LogP contribution in [0.1, 0.15) is 35.3 Å². The molecule has 2 rings (SSSR count). The third-order valence-corrected chi connectivity index (χ3v) is 2.62. The Morgan fingerprint density at radius 3 is 1.45 bits per heavy atom. The van der Waals surface area contributed by atoms with E-state index in [-0.39, 0.29) is 11.8 Å². The molecule has 22 heavy (non-hydrogen) atoms.